The number of hydrogen-bond acceptors (Lipinski definition) is 2. The molecule has 0 radical (unpaired) electrons. The summed E-state index contributed by atoms with van der Waals surface area (Å²) in [5.41, 5.74) is 4.14. The van der Waals surface area contributed by atoms with E-state index in [9.17, 15) is 0 Å². The highest BCUT2D eigenvalue weighted by Gasteiger charge is 2.30. The third kappa shape index (κ3) is 3.15. The normalized spacial score (nSPS) is 19.9. The summed E-state index contributed by atoms with van der Waals surface area (Å²) < 4.78 is 4.72. The van der Waals surface area contributed by atoms with E-state index >= 15 is 0 Å². The zero-order chi connectivity index (χ0) is 19.0. The SMILES string of the molecule is [C-]#[N+]c1cc2c(cc1Cl)n(CC)c1[n+]2CCCC1=CC=C1SCCN1CC. The average Bonchev–Trinajstić information content (AvgIpc) is 3.27. The molecular weight excluding hydrogens is 376 g/mol. The largest absolute Gasteiger partial charge is 0.366 e. The number of benzene rings is 1. The van der Waals surface area contributed by atoms with Crippen molar-refractivity contribution in [2.24, 2.45) is 0 Å². The fourth-order valence-corrected chi connectivity index (χ4v) is 5.41. The molecule has 2 aliphatic heterocycles. The predicted octanol–water partition coefficient (Wildman–Crippen LogP) is 5.24. The second kappa shape index (κ2) is 7.61. The van der Waals surface area contributed by atoms with Gasteiger partial charge in [0.05, 0.1) is 29.7 Å². The van der Waals surface area contributed by atoms with Crippen molar-refractivity contribution in [3.05, 3.63) is 51.6 Å². The van der Waals surface area contributed by atoms with Crippen LogP contribution in [0.2, 0.25) is 5.02 Å². The molecule has 27 heavy (non-hydrogen) atoms. The minimum Gasteiger partial charge on any atom is -0.366 e. The molecule has 1 fully saturated rings. The van der Waals surface area contributed by atoms with Gasteiger partial charge in [-0.1, -0.05) is 11.6 Å². The molecule has 6 heteroatoms. The molecular formula is C21H24ClN4S+. The predicted molar refractivity (Wildman–Crippen MR) is 114 cm³/mol. The second-order valence-electron chi connectivity index (χ2n) is 6.85. The van der Waals surface area contributed by atoms with Crippen LogP contribution in [0.3, 0.4) is 0 Å². The standard InChI is InChI=1S/C21H24ClN4S/c1-4-24-11-12-27-20(24)9-8-15-7-6-10-26-19-14-17(23-3)16(22)13-18(19)25(5-2)21(15)26/h8-9,13-14H,4-7,10-12H2,1-2H3/q+1. The summed E-state index contributed by atoms with van der Waals surface area (Å²) in [7, 11) is 0. The van der Waals surface area contributed by atoms with Crippen molar-refractivity contribution in [2.75, 3.05) is 18.8 Å². The molecule has 1 aromatic heterocycles. The molecule has 0 N–H and O–H groups in total. The van der Waals surface area contributed by atoms with E-state index in [1.54, 1.807) is 0 Å². The number of rotatable bonds is 3. The summed E-state index contributed by atoms with van der Waals surface area (Å²) in [5.74, 6) is 2.44. The van der Waals surface area contributed by atoms with Crippen LogP contribution in [-0.4, -0.2) is 28.3 Å². The highest BCUT2D eigenvalue weighted by Crippen LogP contribution is 2.34. The first kappa shape index (κ1) is 18.5. The van der Waals surface area contributed by atoms with Crippen molar-refractivity contribution >= 4 is 45.7 Å². The summed E-state index contributed by atoms with van der Waals surface area (Å²) in [4.78, 5) is 6.03. The quantitative estimate of drug-likeness (QED) is 0.518. The Morgan fingerprint density at radius 1 is 1.30 bits per heavy atom. The van der Waals surface area contributed by atoms with Crippen LogP contribution in [0, 0.1) is 6.57 Å². The van der Waals surface area contributed by atoms with Crippen LogP contribution >= 0.6 is 23.4 Å². The Balaban J connectivity index is 1.87. The Bertz CT molecular complexity index is 996. The first-order valence-electron chi connectivity index (χ1n) is 9.60. The number of allylic oxidation sites excluding steroid dienone is 3. The minimum atomic E-state index is 0.534. The number of halogens is 1. The second-order valence-corrected chi connectivity index (χ2v) is 8.37. The molecule has 0 saturated carbocycles. The third-order valence-corrected chi connectivity index (χ3v) is 6.80. The summed E-state index contributed by atoms with van der Waals surface area (Å²) in [6, 6.07) is 3.91. The third-order valence-electron chi connectivity index (χ3n) is 5.42. The van der Waals surface area contributed by atoms with Gasteiger partial charge in [0.25, 0.3) is 5.82 Å². The Morgan fingerprint density at radius 3 is 2.89 bits per heavy atom. The zero-order valence-electron chi connectivity index (χ0n) is 15.8. The zero-order valence-corrected chi connectivity index (χ0v) is 17.4. The van der Waals surface area contributed by atoms with Gasteiger partial charge in [-0.3, -0.25) is 0 Å². The first-order valence-corrected chi connectivity index (χ1v) is 11.0. The van der Waals surface area contributed by atoms with E-state index < -0.39 is 0 Å². The number of fused-ring (bicyclic) bond motifs is 3. The molecule has 2 aromatic rings. The number of imidazole rings is 1. The maximum Gasteiger partial charge on any atom is 0.285 e. The summed E-state index contributed by atoms with van der Waals surface area (Å²) >= 11 is 8.29. The first-order chi connectivity index (χ1) is 13.2. The van der Waals surface area contributed by atoms with Gasteiger partial charge in [-0.15, -0.1) is 11.8 Å². The molecule has 4 nitrogen and oxygen atoms in total. The molecule has 1 saturated heterocycles. The summed E-state index contributed by atoms with van der Waals surface area (Å²) in [6.45, 7) is 15.9. The maximum atomic E-state index is 7.39. The van der Waals surface area contributed by atoms with Crippen molar-refractivity contribution in [1.82, 2.24) is 9.47 Å². The van der Waals surface area contributed by atoms with Crippen LogP contribution in [0.15, 0.2) is 29.3 Å². The van der Waals surface area contributed by atoms with E-state index in [1.165, 1.54) is 22.2 Å². The number of nitrogens with zero attached hydrogens (tertiary/aromatic N) is 4. The van der Waals surface area contributed by atoms with Crippen LogP contribution in [0.5, 0.6) is 0 Å². The molecule has 0 aliphatic carbocycles. The fourth-order valence-electron chi connectivity index (χ4n) is 4.12. The molecule has 0 bridgehead atoms. The van der Waals surface area contributed by atoms with Crippen LogP contribution in [0.25, 0.3) is 21.5 Å². The molecule has 3 heterocycles. The van der Waals surface area contributed by atoms with Gasteiger partial charge in [0.1, 0.15) is 0 Å². The van der Waals surface area contributed by atoms with Gasteiger partial charge in [-0.2, -0.15) is 0 Å². The van der Waals surface area contributed by atoms with Crippen molar-refractivity contribution < 1.29 is 4.57 Å². The van der Waals surface area contributed by atoms with Crippen LogP contribution in [-0.2, 0) is 13.1 Å². The van der Waals surface area contributed by atoms with E-state index in [2.05, 4.69) is 44.9 Å². The van der Waals surface area contributed by atoms with Gasteiger partial charge in [-0.05, 0) is 51.0 Å². The minimum absolute atomic E-state index is 0.534. The van der Waals surface area contributed by atoms with Crippen molar-refractivity contribution in [2.45, 2.75) is 39.8 Å². The van der Waals surface area contributed by atoms with Gasteiger partial charge in [0.15, 0.2) is 11.0 Å². The molecule has 0 amide bonds. The van der Waals surface area contributed by atoms with Crippen molar-refractivity contribution in [1.29, 1.82) is 0 Å². The smallest absolute Gasteiger partial charge is 0.285 e. The lowest BCUT2D eigenvalue weighted by Crippen LogP contribution is -2.40. The van der Waals surface area contributed by atoms with Gasteiger partial charge in [-0.25, -0.2) is 14.0 Å². The Labute approximate surface area is 169 Å². The molecule has 4 rings (SSSR count). The Hall–Kier alpha value is -1.90. The van der Waals surface area contributed by atoms with Crippen molar-refractivity contribution in [3.63, 3.8) is 0 Å². The van der Waals surface area contributed by atoms with Crippen LogP contribution in [0.4, 0.5) is 5.69 Å². The van der Waals surface area contributed by atoms with Gasteiger partial charge in [0.2, 0.25) is 5.69 Å². The van der Waals surface area contributed by atoms with E-state index in [-0.39, 0.29) is 0 Å². The number of thioether (sulfide) groups is 1. The molecule has 0 unspecified atom stereocenters. The molecule has 140 valence electrons. The van der Waals surface area contributed by atoms with Gasteiger partial charge in [0, 0.05) is 24.4 Å². The number of hydrogen-bond donors (Lipinski definition) is 0. The Kier molecular flexibility index (Phi) is 5.21. The lowest BCUT2D eigenvalue weighted by Gasteiger charge is -2.16. The van der Waals surface area contributed by atoms with E-state index in [0.29, 0.717) is 10.7 Å². The molecule has 0 atom stereocenters. The van der Waals surface area contributed by atoms with Crippen molar-refractivity contribution in [3.8, 4) is 0 Å². The monoisotopic (exact) mass is 399 g/mol. The maximum absolute atomic E-state index is 7.39. The van der Waals surface area contributed by atoms with E-state index in [1.807, 2.05) is 23.9 Å². The summed E-state index contributed by atoms with van der Waals surface area (Å²) in [5, 5.41) is 1.91. The van der Waals surface area contributed by atoms with Gasteiger partial charge < -0.3 is 4.90 Å². The number of aromatic nitrogens is 2. The van der Waals surface area contributed by atoms with E-state index in [0.717, 1.165) is 50.1 Å². The molecule has 1 aromatic carbocycles. The topological polar surface area (TPSA) is 16.4 Å². The Morgan fingerprint density at radius 2 is 2.15 bits per heavy atom. The highest BCUT2D eigenvalue weighted by atomic mass is 35.5. The number of aryl methyl sites for hydroxylation is 2. The fraction of sp³-hybridized carbons (Fsp3) is 0.429. The summed E-state index contributed by atoms with van der Waals surface area (Å²) in [6.07, 6.45) is 6.81. The van der Waals surface area contributed by atoms with Crippen LogP contribution < -0.4 is 4.57 Å². The molecule has 0 spiro atoms. The highest BCUT2D eigenvalue weighted by molar-refractivity contribution is 8.03. The van der Waals surface area contributed by atoms with Crippen LogP contribution in [0.1, 0.15) is 32.5 Å². The van der Waals surface area contributed by atoms with Gasteiger partial charge >= 0.3 is 0 Å². The van der Waals surface area contributed by atoms with E-state index in [4.69, 9.17) is 18.2 Å². The lowest BCUT2D eigenvalue weighted by molar-refractivity contribution is -0.678. The molecule has 2 aliphatic rings. The average molecular weight is 400 g/mol. The lowest BCUT2D eigenvalue weighted by atomic mass is 10.1.